The molecule has 0 saturated heterocycles. The number of unbranched alkanes of at least 4 members (excludes halogenated alkanes) is 2. The molecule has 0 unspecified atom stereocenters. The summed E-state index contributed by atoms with van der Waals surface area (Å²) in [5.41, 5.74) is 1.26. The van der Waals surface area contributed by atoms with Gasteiger partial charge in [-0.3, -0.25) is 4.99 Å². The fourth-order valence-corrected chi connectivity index (χ4v) is 1.96. The van der Waals surface area contributed by atoms with Gasteiger partial charge in [-0.2, -0.15) is 0 Å². The van der Waals surface area contributed by atoms with E-state index in [2.05, 4.69) is 34.7 Å². The molecular weight excluding hydrogens is 250 g/mol. The van der Waals surface area contributed by atoms with Crippen molar-refractivity contribution in [1.29, 1.82) is 0 Å². The molecule has 0 aromatic heterocycles. The van der Waals surface area contributed by atoms with E-state index in [1.54, 1.807) is 14.2 Å². The van der Waals surface area contributed by atoms with Crippen LogP contribution in [-0.4, -0.2) is 33.2 Å². The van der Waals surface area contributed by atoms with Gasteiger partial charge in [-0.1, -0.05) is 31.9 Å². The number of nitrogens with zero attached hydrogens (tertiary/aromatic N) is 1. The summed E-state index contributed by atoms with van der Waals surface area (Å²) in [6.07, 6.45) is 4.64. The lowest BCUT2D eigenvalue weighted by atomic mass is 10.1. The second-order valence-corrected chi connectivity index (χ2v) is 4.73. The van der Waals surface area contributed by atoms with Crippen LogP contribution in [0.2, 0.25) is 0 Å². The number of methoxy groups -OCH3 is 1. The van der Waals surface area contributed by atoms with Gasteiger partial charge in [0.25, 0.3) is 0 Å². The largest absolute Gasteiger partial charge is 0.497 e. The molecule has 0 radical (unpaired) electrons. The van der Waals surface area contributed by atoms with Crippen molar-refractivity contribution in [2.24, 2.45) is 4.99 Å². The van der Waals surface area contributed by atoms with Gasteiger partial charge in [-0.25, -0.2) is 0 Å². The summed E-state index contributed by atoms with van der Waals surface area (Å²) in [4.78, 5) is 4.22. The van der Waals surface area contributed by atoms with E-state index < -0.39 is 0 Å². The number of benzene rings is 1. The van der Waals surface area contributed by atoms with Crippen LogP contribution in [0.15, 0.2) is 29.3 Å². The highest BCUT2D eigenvalue weighted by molar-refractivity contribution is 5.79. The quantitative estimate of drug-likeness (QED) is 0.436. The second kappa shape index (κ2) is 10.1. The van der Waals surface area contributed by atoms with Crippen molar-refractivity contribution in [2.45, 2.75) is 32.6 Å². The molecule has 0 bridgehead atoms. The zero-order valence-corrected chi connectivity index (χ0v) is 12.9. The minimum atomic E-state index is 0.862. The van der Waals surface area contributed by atoms with Crippen molar-refractivity contribution in [3.8, 4) is 5.75 Å². The van der Waals surface area contributed by atoms with Crippen LogP contribution < -0.4 is 15.4 Å². The van der Waals surface area contributed by atoms with Crippen LogP contribution in [-0.2, 0) is 6.42 Å². The first kappa shape index (κ1) is 16.3. The van der Waals surface area contributed by atoms with Crippen LogP contribution in [0.3, 0.4) is 0 Å². The molecule has 0 aliphatic heterocycles. The summed E-state index contributed by atoms with van der Waals surface area (Å²) >= 11 is 0. The highest BCUT2D eigenvalue weighted by atomic mass is 16.5. The summed E-state index contributed by atoms with van der Waals surface area (Å²) in [5.74, 6) is 1.79. The SMILES string of the molecule is CCCCCNC(=NC)NCCc1cccc(OC)c1. The van der Waals surface area contributed by atoms with Crippen molar-refractivity contribution in [3.05, 3.63) is 29.8 Å². The van der Waals surface area contributed by atoms with Gasteiger partial charge in [0.2, 0.25) is 0 Å². The fraction of sp³-hybridized carbons (Fsp3) is 0.562. The highest BCUT2D eigenvalue weighted by Gasteiger charge is 1.99. The van der Waals surface area contributed by atoms with Crippen molar-refractivity contribution >= 4 is 5.96 Å². The predicted molar refractivity (Wildman–Crippen MR) is 85.6 cm³/mol. The Hall–Kier alpha value is -1.71. The molecule has 0 spiro atoms. The predicted octanol–water partition coefficient (Wildman–Crippen LogP) is 2.59. The second-order valence-electron chi connectivity index (χ2n) is 4.73. The molecule has 1 rings (SSSR count). The van der Waals surface area contributed by atoms with E-state index in [-0.39, 0.29) is 0 Å². The summed E-state index contributed by atoms with van der Waals surface area (Å²) in [5, 5.41) is 6.66. The lowest BCUT2D eigenvalue weighted by Crippen LogP contribution is -2.38. The summed E-state index contributed by atoms with van der Waals surface area (Å²) in [6, 6.07) is 8.16. The van der Waals surface area contributed by atoms with E-state index in [0.29, 0.717) is 0 Å². The summed E-state index contributed by atoms with van der Waals surface area (Å²) in [7, 11) is 3.50. The van der Waals surface area contributed by atoms with Gasteiger partial charge in [0.1, 0.15) is 5.75 Å². The topological polar surface area (TPSA) is 45.7 Å². The number of nitrogens with one attached hydrogen (secondary N) is 2. The monoisotopic (exact) mass is 277 g/mol. The number of rotatable bonds is 8. The highest BCUT2D eigenvalue weighted by Crippen LogP contribution is 2.12. The molecule has 2 N–H and O–H groups in total. The average Bonchev–Trinajstić information content (AvgIpc) is 2.50. The number of hydrogen-bond donors (Lipinski definition) is 2. The fourth-order valence-electron chi connectivity index (χ4n) is 1.96. The minimum Gasteiger partial charge on any atom is -0.497 e. The van der Waals surface area contributed by atoms with E-state index in [4.69, 9.17) is 4.74 Å². The van der Waals surface area contributed by atoms with Crippen LogP contribution in [0.5, 0.6) is 5.75 Å². The Morgan fingerprint density at radius 1 is 1.20 bits per heavy atom. The van der Waals surface area contributed by atoms with Gasteiger partial charge in [0, 0.05) is 20.1 Å². The van der Waals surface area contributed by atoms with E-state index >= 15 is 0 Å². The maximum Gasteiger partial charge on any atom is 0.190 e. The Morgan fingerprint density at radius 2 is 2.00 bits per heavy atom. The third-order valence-corrected chi connectivity index (χ3v) is 3.14. The number of hydrogen-bond acceptors (Lipinski definition) is 2. The van der Waals surface area contributed by atoms with Crippen molar-refractivity contribution in [3.63, 3.8) is 0 Å². The lowest BCUT2D eigenvalue weighted by Gasteiger charge is -2.12. The zero-order chi connectivity index (χ0) is 14.6. The van der Waals surface area contributed by atoms with Crippen LogP contribution in [0.25, 0.3) is 0 Å². The maximum absolute atomic E-state index is 5.22. The number of ether oxygens (including phenoxy) is 1. The first-order valence-electron chi connectivity index (χ1n) is 7.37. The standard InChI is InChI=1S/C16H27N3O/c1-4-5-6-11-18-16(17-2)19-12-10-14-8-7-9-15(13-14)20-3/h7-9,13H,4-6,10-12H2,1-3H3,(H2,17,18,19). The van der Waals surface area contributed by atoms with Crippen molar-refractivity contribution in [2.75, 3.05) is 27.2 Å². The molecule has 1 aromatic carbocycles. The molecular formula is C16H27N3O. The molecule has 0 fully saturated rings. The van der Waals surface area contributed by atoms with Crippen LogP contribution in [0, 0.1) is 0 Å². The Balaban J connectivity index is 2.27. The van der Waals surface area contributed by atoms with Gasteiger partial charge in [-0.15, -0.1) is 0 Å². The molecule has 0 heterocycles. The molecule has 112 valence electrons. The van der Waals surface area contributed by atoms with Crippen LogP contribution in [0.1, 0.15) is 31.7 Å². The van der Waals surface area contributed by atoms with E-state index in [0.717, 1.165) is 31.2 Å². The summed E-state index contributed by atoms with van der Waals surface area (Å²) < 4.78 is 5.22. The first-order valence-corrected chi connectivity index (χ1v) is 7.37. The van der Waals surface area contributed by atoms with Gasteiger partial charge < -0.3 is 15.4 Å². The van der Waals surface area contributed by atoms with Crippen LogP contribution in [0.4, 0.5) is 0 Å². The van der Waals surface area contributed by atoms with Gasteiger partial charge >= 0.3 is 0 Å². The maximum atomic E-state index is 5.22. The molecule has 0 amide bonds. The first-order chi connectivity index (χ1) is 9.80. The van der Waals surface area contributed by atoms with Gasteiger partial charge in [0.15, 0.2) is 5.96 Å². The van der Waals surface area contributed by atoms with Crippen molar-refractivity contribution in [1.82, 2.24) is 10.6 Å². The molecule has 1 aromatic rings. The molecule has 0 aliphatic carbocycles. The molecule has 4 heteroatoms. The normalized spacial score (nSPS) is 11.2. The average molecular weight is 277 g/mol. The number of guanidine groups is 1. The van der Waals surface area contributed by atoms with Crippen LogP contribution >= 0.6 is 0 Å². The van der Waals surface area contributed by atoms with Gasteiger partial charge in [-0.05, 0) is 30.5 Å². The zero-order valence-electron chi connectivity index (χ0n) is 12.9. The third kappa shape index (κ3) is 6.45. The van der Waals surface area contributed by atoms with E-state index in [1.807, 2.05) is 12.1 Å². The van der Waals surface area contributed by atoms with E-state index in [1.165, 1.54) is 24.8 Å². The molecule has 20 heavy (non-hydrogen) atoms. The minimum absolute atomic E-state index is 0.862. The molecule has 0 saturated carbocycles. The van der Waals surface area contributed by atoms with E-state index in [9.17, 15) is 0 Å². The van der Waals surface area contributed by atoms with Crippen molar-refractivity contribution < 1.29 is 4.74 Å². The lowest BCUT2D eigenvalue weighted by molar-refractivity contribution is 0.414. The number of aliphatic imine (C=N–C) groups is 1. The summed E-state index contributed by atoms with van der Waals surface area (Å²) in [6.45, 7) is 4.05. The Kier molecular flexibility index (Phi) is 8.27. The third-order valence-electron chi connectivity index (χ3n) is 3.14. The van der Waals surface area contributed by atoms with Gasteiger partial charge in [0.05, 0.1) is 7.11 Å². The molecule has 0 aliphatic rings. The molecule has 0 atom stereocenters. The smallest absolute Gasteiger partial charge is 0.190 e. The Labute approximate surface area is 122 Å². The Bertz CT molecular complexity index is 404. The molecule has 4 nitrogen and oxygen atoms in total. The Morgan fingerprint density at radius 3 is 2.70 bits per heavy atom.